The van der Waals surface area contributed by atoms with Crippen LogP contribution in [0.5, 0.6) is 0 Å². The first-order chi connectivity index (χ1) is 8.68. The molecule has 1 saturated carbocycles. The highest BCUT2D eigenvalue weighted by Gasteiger charge is 2.38. The minimum absolute atomic E-state index is 0.480. The van der Waals surface area contributed by atoms with Crippen LogP contribution in [-0.4, -0.2) is 27.3 Å². The molecule has 0 bridgehead atoms. The van der Waals surface area contributed by atoms with Crippen molar-refractivity contribution in [3.63, 3.8) is 0 Å². The zero-order valence-electron chi connectivity index (χ0n) is 12.9. The van der Waals surface area contributed by atoms with Crippen LogP contribution in [0.15, 0.2) is 0 Å². The van der Waals surface area contributed by atoms with Crippen molar-refractivity contribution in [3.8, 4) is 0 Å². The van der Waals surface area contributed by atoms with E-state index in [2.05, 4.69) is 26.2 Å². The number of methoxy groups -OCH3 is 1. The van der Waals surface area contributed by atoms with E-state index in [1.54, 1.807) is 0 Å². The van der Waals surface area contributed by atoms with Gasteiger partial charge in [-0.3, -0.25) is 0 Å². The van der Waals surface area contributed by atoms with Crippen LogP contribution in [0.4, 0.5) is 0 Å². The number of ether oxygens (including phenoxy) is 1. The fourth-order valence-corrected chi connectivity index (χ4v) is 3.66. The third-order valence-corrected chi connectivity index (χ3v) is 5.06. The lowest BCUT2D eigenvalue weighted by Gasteiger charge is -2.44. The fraction of sp³-hybridized carbons (Fsp3) is 1.00. The molecular weight excluding hydrogens is 222 g/mol. The SMILES string of the molecule is CCCCC1CCC(CNC)(C(C)COC)CC1. The second-order valence-corrected chi connectivity index (χ2v) is 6.33. The van der Waals surface area contributed by atoms with Gasteiger partial charge in [0.15, 0.2) is 0 Å². The Morgan fingerprint density at radius 3 is 2.50 bits per heavy atom. The second-order valence-electron chi connectivity index (χ2n) is 6.33. The second kappa shape index (κ2) is 8.16. The molecule has 18 heavy (non-hydrogen) atoms. The quantitative estimate of drug-likeness (QED) is 0.711. The predicted molar refractivity (Wildman–Crippen MR) is 78.9 cm³/mol. The molecule has 0 amide bonds. The summed E-state index contributed by atoms with van der Waals surface area (Å²) < 4.78 is 5.39. The first kappa shape index (κ1) is 16.0. The van der Waals surface area contributed by atoms with Gasteiger partial charge in [0.25, 0.3) is 0 Å². The fourth-order valence-electron chi connectivity index (χ4n) is 3.66. The Balaban J connectivity index is 2.50. The van der Waals surface area contributed by atoms with Crippen LogP contribution in [-0.2, 0) is 4.74 Å². The van der Waals surface area contributed by atoms with Crippen molar-refractivity contribution >= 4 is 0 Å². The Kier molecular flexibility index (Phi) is 7.25. The molecule has 108 valence electrons. The van der Waals surface area contributed by atoms with Gasteiger partial charge < -0.3 is 10.1 Å². The summed E-state index contributed by atoms with van der Waals surface area (Å²) >= 11 is 0. The lowest BCUT2D eigenvalue weighted by molar-refractivity contribution is 0.0275. The Morgan fingerprint density at radius 2 is 2.00 bits per heavy atom. The van der Waals surface area contributed by atoms with Crippen LogP contribution in [0.25, 0.3) is 0 Å². The summed E-state index contributed by atoms with van der Waals surface area (Å²) in [5, 5.41) is 3.42. The van der Waals surface area contributed by atoms with Crippen molar-refractivity contribution < 1.29 is 4.74 Å². The van der Waals surface area contributed by atoms with Crippen LogP contribution in [0.3, 0.4) is 0 Å². The van der Waals surface area contributed by atoms with Crippen LogP contribution < -0.4 is 5.32 Å². The van der Waals surface area contributed by atoms with Crippen molar-refractivity contribution in [2.45, 2.75) is 58.8 Å². The van der Waals surface area contributed by atoms with Crippen LogP contribution in [0, 0.1) is 17.3 Å². The van der Waals surface area contributed by atoms with Gasteiger partial charge in [0.1, 0.15) is 0 Å². The maximum Gasteiger partial charge on any atom is 0.0493 e. The zero-order chi connectivity index (χ0) is 13.4. The molecule has 2 heteroatoms. The van der Waals surface area contributed by atoms with Gasteiger partial charge in [-0.25, -0.2) is 0 Å². The number of rotatable bonds is 8. The number of hydrogen-bond donors (Lipinski definition) is 1. The minimum Gasteiger partial charge on any atom is -0.384 e. The molecule has 0 aromatic rings. The highest BCUT2D eigenvalue weighted by atomic mass is 16.5. The third-order valence-electron chi connectivity index (χ3n) is 5.06. The van der Waals surface area contributed by atoms with Crippen molar-refractivity contribution in [1.82, 2.24) is 5.32 Å². The maximum atomic E-state index is 5.39. The van der Waals surface area contributed by atoms with Crippen LogP contribution in [0.1, 0.15) is 58.8 Å². The maximum absolute atomic E-state index is 5.39. The highest BCUT2D eigenvalue weighted by Crippen LogP contribution is 2.45. The van der Waals surface area contributed by atoms with Crippen molar-refractivity contribution in [2.75, 3.05) is 27.3 Å². The molecule has 1 rings (SSSR count). The van der Waals surface area contributed by atoms with E-state index in [0.29, 0.717) is 11.3 Å². The Labute approximate surface area is 114 Å². The highest BCUT2D eigenvalue weighted by molar-refractivity contribution is 4.90. The van der Waals surface area contributed by atoms with Gasteiger partial charge >= 0.3 is 0 Å². The Morgan fingerprint density at radius 1 is 1.33 bits per heavy atom. The lowest BCUT2D eigenvalue weighted by atomic mass is 9.63. The van der Waals surface area contributed by atoms with Gasteiger partial charge in [-0.05, 0) is 50.0 Å². The number of unbranched alkanes of at least 4 members (excludes halogenated alkanes) is 1. The summed E-state index contributed by atoms with van der Waals surface area (Å²) in [6, 6.07) is 0. The van der Waals surface area contributed by atoms with E-state index < -0.39 is 0 Å². The van der Waals surface area contributed by atoms with E-state index in [0.717, 1.165) is 19.1 Å². The van der Waals surface area contributed by atoms with E-state index in [1.807, 2.05) is 7.11 Å². The Bertz CT molecular complexity index is 209. The summed E-state index contributed by atoms with van der Waals surface area (Å²) in [5.74, 6) is 1.66. The molecular formula is C16H33NO. The molecule has 1 N–H and O–H groups in total. The average molecular weight is 255 g/mol. The minimum atomic E-state index is 0.480. The van der Waals surface area contributed by atoms with Crippen molar-refractivity contribution in [1.29, 1.82) is 0 Å². The summed E-state index contributed by atoms with van der Waals surface area (Å²) in [6.45, 7) is 6.72. The summed E-state index contributed by atoms with van der Waals surface area (Å²) in [4.78, 5) is 0. The van der Waals surface area contributed by atoms with Gasteiger partial charge in [-0.2, -0.15) is 0 Å². The molecule has 1 atom stereocenters. The van der Waals surface area contributed by atoms with E-state index in [-0.39, 0.29) is 0 Å². The number of nitrogens with one attached hydrogen (secondary N) is 1. The topological polar surface area (TPSA) is 21.3 Å². The van der Waals surface area contributed by atoms with E-state index >= 15 is 0 Å². The van der Waals surface area contributed by atoms with Crippen molar-refractivity contribution in [2.24, 2.45) is 17.3 Å². The molecule has 0 aliphatic heterocycles. The third kappa shape index (κ3) is 4.24. The van der Waals surface area contributed by atoms with E-state index in [1.165, 1.54) is 44.9 Å². The first-order valence-electron chi connectivity index (χ1n) is 7.82. The molecule has 1 aliphatic carbocycles. The van der Waals surface area contributed by atoms with Crippen LogP contribution >= 0.6 is 0 Å². The summed E-state index contributed by atoms with van der Waals surface area (Å²) in [7, 11) is 3.92. The van der Waals surface area contributed by atoms with Gasteiger partial charge in [-0.1, -0.05) is 33.1 Å². The average Bonchev–Trinajstić information content (AvgIpc) is 2.38. The molecule has 0 radical (unpaired) electrons. The predicted octanol–water partition coefficient (Wildman–Crippen LogP) is 3.86. The lowest BCUT2D eigenvalue weighted by Crippen LogP contribution is -2.43. The molecule has 2 nitrogen and oxygen atoms in total. The molecule has 1 aliphatic rings. The van der Waals surface area contributed by atoms with Crippen LogP contribution in [0.2, 0.25) is 0 Å². The zero-order valence-corrected chi connectivity index (χ0v) is 12.9. The number of hydrogen-bond acceptors (Lipinski definition) is 2. The van der Waals surface area contributed by atoms with Gasteiger partial charge in [0.2, 0.25) is 0 Å². The molecule has 0 spiro atoms. The molecule has 0 saturated heterocycles. The molecule has 0 aromatic heterocycles. The molecule has 0 heterocycles. The van der Waals surface area contributed by atoms with E-state index in [4.69, 9.17) is 4.74 Å². The molecule has 1 fully saturated rings. The first-order valence-corrected chi connectivity index (χ1v) is 7.82. The Hall–Kier alpha value is -0.0800. The monoisotopic (exact) mass is 255 g/mol. The normalized spacial score (nSPS) is 30.3. The smallest absolute Gasteiger partial charge is 0.0493 e. The summed E-state index contributed by atoms with van der Waals surface area (Å²) in [6.07, 6.45) is 9.82. The van der Waals surface area contributed by atoms with Crippen molar-refractivity contribution in [3.05, 3.63) is 0 Å². The largest absolute Gasteiger partial charge is 0.384 e. The van der Waals surface area contributed by atoms with Gasteiger partial charge in [0.05, 0.1) is 0 Å². The standard InChI is InChI=1S/C16H33NO/c1-5-6-7-15-8-10-16(11-9-15,13-17-3)14(2)12-18-4/h14-15,17H,5-13H2,1-4H3. The molecule has 1 unspecified atom stereocenters. The van der Waals surface area contributed by atoms with Gasteiger partial charge in [0, 0.05) is 20.3 Å². The van der Waals surface area contributed by atoms with Gasteiger partial charge in [-0.15, -0.1) is 0 Å². The van der Waals surface area contributed by atoms with E-state index in [9.17, 15) is 0 Å². The molecule has 0 aromatic carbocycles. The summed E-state index contributed by atoms with van der Waals surface area (Å²) in [5.41, 5.74) is 0.480.